The van der Waals surface area contributed by atoms with E-state index in [1.165, 1.54) is 24.3 Å². The standard InChI is InChI=1S/C30H22FN3O3/c31-22-10-8-20(9-11-22)30(36)34-14-13-21-16-19(7-12-27(21)34)18-32-29(35)24-17-26(28-6-3-15-37-28)33-25-5-2-1-4-23(24)25/h1-12,15-17H,13-14,18H2,(H,32,35). The summed E-state index contributed by atoms with van der Waals surface area (Å²) < 4.78 is 18.7. The second kappa shape index (κ2) is 9.35. The fourth-order valence-electron chi connectivity index (χ4n) is 4.72. The fraction of sp³-hybridized carbons (Fsp3) is 0.100. The first-order valence-corrected chi connectivity index (χ1v) is 12.0. The Bertz CT molecular complexity index is 1630. The SMILES string of the molecule is O=C(NCc1ccc2c(c1)CCN2C(=O)c1ccc(F)cc1)c1cc(-c2ccco2)nc2ccccc12. The normalized spacial score (nSPS) is 12.5. The van der Waals surface area contributed by atoms with Crippen molar-refractivity contribution in [1.82, 2.24) is 10.3 Å². The first-order valence-electron chi connectivity index (χ1n) is 12.0. The van der Waals surface area contributed by atoms with Gasteiger partial charge in [-0.3, -0.25) is 9.59 Å². The quantitative estimate of drug-likeness (QED) is 0.339. The van der Waals surface area contributed by atoms with Crippen molar-refractivity contribution in [1.29, 1.82) is 0 Å². The first kappa shape index (κ1) is 22.7. The Morgan fingerprint density at radius 3 is 2.62 bits per heavy atom. The monoisotopic (exact) mass is 491 g/mol. The van der Waals surface area contributed by atoms with Crippen LogP contribution in [-0.4, -0.2) is 23.3 Å². The Morgan fingerprint density at radius 2 is 1.81 bits per heavy atom. The molecule has 37 heavy (non-hydrogen) atoms. The second-order valence-corrected chi connectivity index (χ2v) is 8.91. The Balaban J connectivity index is 1.21. The molecule has 0 unspecified atom stereocenters. The summed E-state index contributed by atoms with van der Waals surface area (Å²) in [5, 5.41) is 3.79. The minimum atomic E-state index is -0.373. The van der Waals surface area contributed by atoms with Gasteiger partial charge in [0.25, 0.3) is 11.8 Å². The fourth-order valence-corrected chi connectivity index (χ4v) is 4.72. The third kappa shape index (κ3) is 4.36. The molecule has 5 aromatic rings. The number of hydrogen-bond donors (Lipinski definition) is 1. The molecule has 0 saturated heterocycles. The number of rotatable bonds is 5. The zero-order chi connectivity index (χ0) is 25.4. The summed E-state index contributed by atoms with van der Waals surface area (Å²) in [4.78, 5) is 32.5. The molecule has 6 nitrogen and oxygen atoms in total. The maximum Gasteiger partial charge on any atom is 0.258 e. The Kier molecular flexibility index (Phi) is 5.73. The molecule has 6 rings (SSSR count). The zero-order valence-corrected chi connectivity index (χ0v) is 19.8. The van der Waals surface area contributed by atoms with Gasteiger partial charge in [0.1, 0.15) is 11.5 Å². The van der Waals surface area contributed by atoms with Crippen molar-refractivity contribution in [2.24, 2.45) is 0 Å². The number of amides is 2. The smallest absolute Gasteiger partial charge is 0.258 e. The van der Waals surface area contributed by atoms with E-state index in [1.54, 1.807) is 23.3 Å². The number of anilines is 1. The van der Waals surface area contributed by atoms with Gasteiger partial charge >= 0.3 is 0 Å². The highest BCUT2D eigenvalue weighted by Crippen LogP contribution is 2.30. The molecular weight excluding hydrogens is 469 g/mol. The lowest BCUT2D eigenvalue weighted by molar-refractivity contribution is 0.0951. The molecule has 0 aliphatic carbocycles. The van der Waals surface area contributed by atoms with Crippen molar-refractivity contribution >= 4 is 28.4 Å². The third-order valence-corrected chi connectivity index (χ3v) is 6.56. The van der Waals surface area contributed by atoms with Crippen LogP contribution in [-0.2, 0) is 13.0 Å². The van der Waals surface area contributed by atoms with Gasteiger partial charge in [0, 0.05) is 29.7 Å². The molecule has 0 atom stereocenters. The van der Waals surface area contributed by atoms with Crippen LogP contribution in [0.1, 0.15) is 31.8 Å². The van der Waals surface area contributed by atoms with Crippen molar-refractivity contribution in [3.05, 3.63) is 119 Å². The number of nitrogens with zero attached hydrogens (tertiary/aromatic N) is 2. The van der Waals surface area contributed by atoms with Crippen molar-refractivity contribution < 1.29 is 18.4 Å². The van der Waals surface area contributed by atoms with E-state index in [-0.39, 0.29) is 17.6 Å². The summed E-state index contributed by atoms with van der Waals surface area (Å²) in [5.41, 5.74) is 5.10. The number of aromatic nitrogens is 1. The summed E-state index contributed by atoms with van der Waals surface area (Å²) in [5.74, 6) is -0.142. The predicted octanol–water partition coefficient (Wildman–Crippen LogP) is 5.77. The molecule has 3 heterocycles. The van der Waals surface area contributed by atoms with Gasteiger partial charge in [-0.15, -0.1) is 0 Å². The number of hydrogen-bond acceptors (Lipinski definition) is 4. The predicted molar refractivity (Wildman–Crippen MR) is 139 cm³/mol. The molecule has 0 radical (unpaired) electrons. The minimum absolute atomic E-state index is 0.156. The summed E-state index contributed by atoms with van der Waals surface area (Å²) in [6.07, 6.45) is 2.29. The molecule has 1 aliphatic heterocycles. The van der Waals surface area contributed by atoms with Gasteiger partial charge in [-0.05, 0) is 72.1 Å². The van der Waals surface area contributed by atoms with Crippen LogP contribution in [0.2, 0.25) is 0 Å². The molecule has 2 amide bonds. The van der Waals surface area contributed by atoms with Gasteiger partial charge in [0.05, 0.1) is 17.3 Å². The van der Waals surface area contributed by atoms with E-state index in [2.05, 4.69) is 10.3 Å². The van der Waals surface area contributed by atoms with E-state index >= 15 is 0 Å². The molecule has 1 N–H and O–H groups in total. The minimum Gasteiger partial charge on any atom is -0.463 e. The number of fused-ring (bicyclic) bond motifs is 2. The summed E-state index contributed by atoms with van der Waals surface area (Å²) in [6.45, 7) is 0.894. The maximum absolute atomic E-state index is 13.3. The lowest BCUT2D eigenvalue weighted by Crippen LogP contribution is -2.28. The topological polar surface area (TPSA) is 75.4 Å². The van der Waals surface area contributed by atoms with Crippen LogP contribution in [0.15, 0.2) is 95.6 Å². The van der Waals surface area contributed by atoms with E-state index in [4.69, 9.17) is 4.42 Å². The van der Waals surface area contributed by atoms with Gasteiger partial charge in [-0.2, -0.15) is 0 Å². The number of carbonyl (C=O) groups is 2. The van der Waals surface area contributed by atoms with Gasteiger partial charge in [-0.25, -0.2) is 9.37 Å². The van der Waals surface area contributed by atoms with Gasteiger partial charge in [0.15, 0.2) is 5.76 Å². The molecule has 0 spiro atoms. The van der Waals surface area contributed by atoms with E-state index in [0.29, 0.717) is 47.6 Å². The van der Waals surface area contributed by atoms with Crippen LogP contribution in [0.25, 0.3) is 22.4 Å². The highest BCUT2D eigenvalue weighted by Gasteiger charge is 2.26. The molecule has 7 heteroatoms. The molecule has 3 aromatic carbocycles. The molecule has 0 saturated carbocycles. The largest absolute Gasteiger partial charge is 0.463 e. The lowest BCUT2D eigenvalue weighted by Gasteiger charge is -2.18. The summed E-state index contributed by atoms with van der Waals surface area (Å²) in [6, 6.07) is 24.3. The molecule has 0 fully saturated rings. The summed E-state index contributed by atoms with van der Waals surface area (Å²) >= 11 is 0. The van der Waals surface area contributed by atoms with Crippen LogP contribution in [0.3, 0.4) is 0 Å². The number of para-hydroxylation sites is 1. The Labute approximate surface area is 212 Å². The number of furan rings is 1. The average molecular weight is 492 g/mol. The number of halogens is 1. The van der Waals surface area contributed by atoms with Gasteiger partial charge in [-0.1, -0.05) is 30.3 Å². The average Bonchev–Trinajstić information content (AvgIpc) is 3.61. The van der Waals surface area contributed by atoms with Crippen LogP contribution >= 0.6 is 0 Å². The number of pyridine rings is 1. The molecule has 182 valence electrons. The zero-order valence-electron chi connectivity index (χ0n) is 19.8. The van der Waals surface area contributed by atoms with Gasteiger partial charge in [0.2, 0.25) is 0 Å². The van der Waals surface area contributed by atoms with Crippen molar-refractivity contribution in [3.63, 3.8) is 0 Å². The Hall–Kier alpha value is -4.78. The lowest BCUT2D eigenvalue weighted by atomic mass is 10.1. The van der Waals surface area contributed by atoms with E-state index in [9.17, 15) is 14.0 Å². The van der Waals surface area contributed by atoms with Crippen LogP contribution < -0.4 is 10.2 Å². The van der Waals surface area contributed by atoms with Crippen LogP contribution in [0.4, 0.5) is 10.1 Å². The van der Waals surface area contributed by atoms with Crippen LogP contribution in [0, 0.1) is 5.82 Å². The number of nitrogens with one attached hydrogen (secondary N) is 1. The van der Waals surface area contributed by atoms with Crippen molar-refractivity contribution in [2.45, 2.75) is 13.0 Å². The third-order valence-electron chi connectivity index (χ3n) is 6.56. The van der Waals surface area contributed by atoms with Crippen molar-refractivity contribution in [3.8, 4) is 11.5 Å². The molecule has 2 aromatic heterocycles. The number of carbonyl (C=O) groups excluding carboxylic acids is 2. The van der Waals surface area contributed by atoms with E-state index in [0.717, 1.165) is 22.2 Å². The van der Waals surface area contributed by atoms with E-state index < -0.39 is 0 Å². The molecule has 0 bridgehead atoms. The van der Waals surface area contributed by atoms with Gasteiger partial charge < -0.3 is 14.6 Å². The van der Waals surface area contributed by atoms with Crippen LogP contribution in [0.5, 0.6) is 0 Å². The first-order chi connectivity index (χ1) is 18.1. The maximum atomic E-state index is 13.3. The summed E-state index contributed by atoms with van der Waals surface area (Å²) in [7, 11) is 0. The number of benzene rings is 3. The molecule has 1 aliphatic rings. The highest BCUT2D eigenvalue weighted by molar-refractivity contribution is 6.08. The Morgan fingerprint density at radius 1 is 0.973 bits per heavy atom. The van der Waals surface area contributed by atoms with Crippen molar-refractivity contribution in [2.75, 3.05) is 11.4 Å². The second-order valence-electron chi connectivity index (χ2n) is 8.91. The highest BCUT2D eigenvalue weighted by atomic mass is 19.1. The molecular formula is C30H22FN3O3. The van der Waals surface area contributed by atoms with E-state index in [1.807, 2.05) is 48.5 Å².